The molecule has 1 aliphatic rings. The maximum Gasteiger partial charge on any atom is 0.128 e. The Labute approximate surface area is 103 Å². The number of anilines is 1. The highest BCUT2D eigenvalue weighted by molar-refractivity contribution is 6.16. The van der Waals surface area contributed by atoms with Gasteiger partial charge in [0.25, 0.3) is 0 Å². The first-order chi connectivity index (χ1) is 7.83. The third kappa shape index (κ3) is 2.67. The van der Waals surface area contributed by atoms with Crippen molar-refractivity contribution in [2.24, 2.45) is 5.92 Å². The number of alkyl halides is 1. The van der Waals surface area contributed by atoms with E-state index in [9.17, 15) is 0 Å². The lowest BCUT2D eigenvalue weighted by molar-refractivity contribution is 0.318. The normalized spacial score (nSPS) is 15.9. The average Bonchev–Trinajstić information content (AvgIpc) is 2.28. The zero-order chi connectivity index (χ0) is 11.4. The van der Waals surface area contributed by atoms with Crippen LogP contribution in [-0.2, 0) is 5.88 Å². The van der Waals surface area contributed by atoms with E-state index in [0.29, 0.717) is 5.88 Å². The molecule has 1 aromatic heterocycles. The quantitative estimate of drug-likeness (QED) is 0.731. The summed E-state index contributed by atoms with van der Waals surface area (Å²) in [4.78, 5) is 6.93. The van der Waals surface area contributed by atoms with E-state index >= 15 is 0 Å². The van der Waals surface area contributed by atoms with Crippen molar-refractivity contribution in [2.75, 3.05) is 18.0 Å². The molecule has 0 aromatic carbocycles. The van der Waals surface area contributed by atoms with Gasteiger partial charge in [0.1, 0.15) is 5.82 Å². The molecule has 88 valence electrons. The van der Waals surface area contributed by atoms with Crippen LogP contribution in [0.1, 0.15) is 31.9 Å². The summed E-state index contributed by atoms with van der Waals surface area (Å²) in [7, 11) is 0. The molecule has 1 saturated carbocycles. The molecule has 1 aliphatic carbocycles. The zero-order valence-electron chi connectivity index (χ0n) is 9.82. The molecule has 0 N–H and O–H groups in total. The predicted molar refractivity (Wildman–Crippen MR) is 69.0 cm³/mol. The molecule has 0 radical (unpaired) electrons. The summed E-state index contributed by atoms with van der Waals surface area (Å²) in [6.45, 7) is 4.36. The molecule has 0 aliphatic heterocycles. The lowest BCUT2D eigenvalue weighted by atomic mass is 9.85. The Hall–Kier alpha value is -0.760. The van der Waals surface area contributed by atoms with Gasteiger partial charge in [-0.2, -0.15) is 0 Å². The third-order valence-electron chi connectivity index (χ3n) is 3.34. The lowest BCUT2D eigenvalue weighted by Gasteiger charge is -2.32. The molecule has 1 heterocycles. The Bertz CT molecular complexity index is 336. The minimum Gasteiger partial charge on any atom is -0.357 e. The van der Waals surface area contributed by atoms with Gasteiger partial charge in [0.05, 0.1) is 11.6 Å². The molecule has 0 spiro atoms. The standard InChI is InChI=1S/C13H19ClN2/c1-2-16(10-11-5-3-6-11)13-8-4-7-12(9-14)15-13/h4,7-8,11H,2-3,5-6,9-10H2,1H3. The summed E-state index contributed by atoms with van der Waals surface area (Å²) >= 11 is 5.81. The lowest BCUT2D eigenvalue weighted by Crippen LogP contribution is -2.33. The van der Waals surface area contributed by atoms with Gasteiger partial charge in [-0.3, -0.25) is 0 Å². The van der Waals surface area contributed by atoms with Crippen molar-refractivity contribution in [3.05, 3.63) is 23.9 Å². The van der Waals surface area contributed by atoms with Crippen LogP contribution in [0.2, 0.25) is 0 Å². The monoisotopic (exact) mass is 238 g/mol. The zero-order valence-corrected chi connectivity index (χ0v) is 10.6. The van der Waals surface area contributed by atoms with Crippen molar-refractivity contribution in [1.29, 1.82) is 0 Å². The summed E-state index contributed by atoms with van der Waals surface area (Å²) in [5, 5.41) is 0. The molecule has 1 fully saturated rings. The maximum atomic E-state index is 5.81. The largest absolute Gasteiger partial charge is 0.357 e. The van der Waals surface area contributed by atoms with E-state index < -0.39 is 0 Å². The fourth-order valence-electron chi connectivity index (χ4n) is 2.09. The summed E-state index contributed by atoms with van der Waals surface area (Å²) in [5.74, 6) is 2.45. The fraction of sp³-hybridized carbons (Fsp3) is 0.615. The van der Waals surface area contributed by atoms with Crippen LogP contribution in [0, 0.1) is 5.92 Å². The Kier molecular flexibility index (Phi) is 4.05. The van der Waals surface area contributed by atoms with E-state index in [0.717, 1.165) is 30.5 Å². The Morgan fingerprint density at radius 3 is 2.81 bits per heavy atom. The minimum absolute atomic E-state index is 0.495. The van der Waals surface area contributed by atoms with Crippen LogP contribution in [0.5, 0.6) is 0 Å². The van der Waals surface area contributed by atoms with Gasteiger partial charge in [-0.1, -0.05) is 12.5 Å². The fourth-order valence-corrected chi connectivity index (χ4v) is 2.24. The SMILES string of the molecule is CCN(CC1CCC1)c1cccc(CCl)n1. The first-order valence-electron chi connectivity index (χ1n) is 6.10. The van der Waals surface area contributed by atoms with Gasteiger partial charge in [-0.05, 0) is 37.8 Å². The van der Waals surface area contributed by atoms with Crippen molar-refractivity contribution in [3.8, 4) is 0 Å². The number of rotatable bonds is 5. The van der Waals surface area contributed by atoms with Crippen LogP contribution in [0.4, 0.5) is 5.82 Å². The summed E-state index contributed by atoms with van der Waals surface area (Å²) < 4.78 is 0. The number of halogens is 1. The number of nitrogens with zero attached hydrogens (tertiary/aromatic N) is 2. The van der Waals surface area contributed by atoms with E-state index in [4.69, 9.17) is 11.6 Å². The second-order valence-corrected chi connectivity index (χ2v) is 4.72. The third-order valence-corrected chi connectivity index (χ3v) is 3.61. The second kappa shape index (κ2) is 5.53. The molecule has 16 heavy (non-hydrogen) atoms. The topological polar surface area (TPSA) is 16.1 Å². The van der Waals surface area contributed by atoms with Gasteiger partial charge in [-0.15, -0.1) is 11.6 Å². The smallest absolute Gasteiger partial charge is 0.128 e. The molecule has 0 saturated heterocycles. The summed E-state index contributed by atoms with van der Waals surface area (Å²) in [6, 6.07) is 6.11. The maximum absolute atomic E-state index is 5.81. The summed E-state index contributed by atoms with van der Waals surface area (Å²) in [6.07, 6.45) is 4.16. The van der Waals surface area contributed by atoms with Gasteiger partial charge in [0.2, 0.25) is 0 Å². The van der Waals surface area contributed by atoms with Crippen LogP contribution >= 0.6 is 11.6 Å². The Morgan fingerprint density at radius 1 is 1.44 bits per heavy atom. The van der Waals surface area contributed by atoms with E-state index in [-0.39, 0.29) is 0 Å². The van der Waals surface area contributed by atoms with Crippen molar-refractivity contribution in [1.82, 2.24) is 4.98 Å². The van der Waals surface area contributed by atoms with Crippen molar-refractivity contribution >= 4 is 17.4 Å². The number of aromatic nitrogens is 1. The highest BCUT2D eigenvalue weighted by atomic mass is 35.5. The van der Waals surface area contributed by atoms with Gasteiger partial charge in [-0.25, -0.2) is 4.98 Å². The van der Waals surface area contributed by atoms with E-state index in [1.165, 1.54) is 19.3 Å². The molecule has 0 unspecified atom stereocenters. The highest BCUT2D eigenvalue weighted by Crippen LogP contribution is 2.28. The second-order valence-electron chi connectivity index (χ2n) is 4.46. The van der Waals surface area contributed by atoms with Gasteiger partial charge < -0.3 is 4.90 Å². The molecule has 2 rings (SSSR count). The molecule has 2 nitrogen and oxygen atoms in total. The van der Waals surface area contributed by atoms with E-state index in [2.05, 4.69) is 22.9 Å². The van der Waals surface area contributed by atoms with Gasteiger partial charge >= 0.3 is 0 Å². The summed E-state index contributed by atoms with van der Waals surface area (Å²) in [5.41, 5.74) is 0.964. The van der Waals surface area contributed by atoms with Crippen LogP contribution < -0.4 is 4.90 Å². The van der Waals surface area contributed by atoms with Crippen molar-refractivity contribution in [2.45, 2.75) is 32.1 Å². The van der Waals surface area contributed by atoms with E-state index in [1.54, 1.807) is 0 Å². The van der Waals surface area contributed by atoms with E-state index in [1.807, 2.05) is 12.1 Å². The Morgan fingerprint density at radius 2 is 2.25 bits per heavy atom. The number of hydrogen-bond acceptors (Lipinski definition) is 2. The molecule has 3 heteroatoms. The van der Waals surface area contributed by atoms with Crippen LogP contribution in [0.3, 0.4) is 0 Å². The molecular weight excluding hydrogens is 220 g/mol. The average molecular weight is 239 g/mol. The Balaban J connectivity index is 2.05. The molecular formula is C13H19ClN2. The first kappa shape index (κ1) is 11.7. The van der Waals surface area contributed by atoms with Gasteiger partial charge in [0, 0.05) is 13.1 Å². The molecule has 0 bridgehead atoms. The van der Waals surface area contributed by atoms with Crippen LogP contribution in [-0.4, -0.2) is 18.1 Å². The minimum atomic E-state index is 0.495. The molecule has 0 amide bonds. The van der Waals surface area contributed by atoms with Crippen LogP contribution in [0.15, 0.2) is 18.2 Å². The first-order valence-corrected chi connectivity index (χ1v) is 6.63. The predicted octanol–water partition coefficient (Wildman–Crippen LogP) is 3.45. The van der Waals surface area contributed by atoms with Crippen LogP contribution in [0.25, 0.3) is 0 Å². The van der Waals surface area contributed by atoms with Gasteiger partial charge in [0.15, 0.2) is 0 Å². The van der Waals surface area contributed by atoms with Crippen molar-refractivity contribution in [3.63, 3.8) is 0 Å². The molecule has 0 atom stereocenters. The number of pyridine rings is 1. The molecule has 1 aromatic rings. The van der Waals surface area contributed by atoms with Crippen molar-refractivity contribution < 1.29 is 0 Å². The number of hydrogen-bond donors (Lipinski definition) is 0. The highest BCUT2D eigenvalue weighted by Gasteiger charge is 2.20.